The molecule has 2 N–H and O–H groups in total. The van der Waals surface area contributed by atoms with E-state index in [1.54, 1.807) is 12.1 Å². The van der Waals surface area contributed by atoms with Gasteiger partial charge < -0.3 is 10.6 Å². The van der Waals surface area contributed by atoms with Crippen LogP contribution in [0.3, 0.4) is 0 Å². The minimum Gasteiger partial charge on any atom is -0.332 e. The molecule has 2 rings (SSSR count). The molecule has 0 unspecified atom stereocenters. The molecule has 2 nitrogen and oxygen atoms in total. The third-order valence-corrected chi connectivity index (χ3v) is 2.80. The summed E-state index contributed by atoms with van der Waals surface area (Å²) in [6, 6.07) is 9.26. The summed E-state index contributed by atoms with van der Waals surface area (Å²) in [5.74, 6) is -4.09. The number of hydrogen-bond donors (Lipinski definition) is 2. The molecule has 0 spiro atoms. The standard InChI is InChI=1S/C14H11F3N2S/c1-8-2-4-9(5-3-8)18-14(20)19-11-7-6-10(15)12(16)13(11)17/h2-7H,1H3,(H2,18,19,20). The number of anilines is 2. The van der Waals surface area contributed by atoms with E-state index < -0.39 is 17.5 Å². The predicted octanol–water partition coefficient (Wildman–Crippen LogP) is 4.22. The largest absolute Gasteiger partial charge is 0.332 e. The van der Waals surface area contributed by atoms with Crippen molar-refractivity contribution in [2.75, 3.05) is 10.6 Å². The van der Waals surface area contributed by atoms with Gasteiger partial charge in [0, 0.05) is 5.69 Å². The Labute approximate surface area is 119 Å². The first-order chi connectivity index (χ1) is 9.47. The van der Waals surface area contributed by atoms with Gasteiger partial charge in [-0.15, -0.1) is 0 Å². The zero-order valence-electron chi connectivity index (χ0n) is 10.5. The van der Waals surface area contributed by atoms with Crippen molar-refractivity contribution in [2.45, 2.75) is 6.92 Å². The molecule has 104 valence electrons. The van der Waals surface area contributed by atoms with Crippen LogP contribution in [0.4, 0.5) is 24.5 Å². The molecule has 0 saturated heterocycles. The highest BCUT2D eigenvalue weighted by Crippen LogP contribution is 2.20. The van der Waals surface area contributed by atoms with Crippen molar-refractivity contribution in [1.29, 1.82) is 0 Å². The van der Waals surface area contributed by atoms with Crippen LogP contribution in [0.2, 0.25) is 0 Å². The van der Waals surface area contributed by atoms with E-state index in [0.717, 1.165) is 17.7 Å². The van der Waals surface area contributed by atoms with Crippen LogP contribution in [0, 0.1) is 24.4 Å². The van der Waals surface area contributed by atoms with Crippen molar-refractivity contribution in [3.63, 3.8) is 0 Å². The second kappa shape index (κ2) is 5.92. The van der Waals surface area contributed by atoms with Crippen LogP contribution in [-0.2, 0) is 0 Å². The molecule has 2 aromatic carbocycles. The predicted molar refractivity (Wildman–Crippen MR) is 77.3 cm³/mol. The number of aryl methyl sites for hydroxylation is 1. The van der Waals surface area contributed by atoms with Gasteiger partial charge in [-0.3, -0.25) is 0 Å². The summed E-state index contributed by atoms with van der Waals surface area (Å²) >= 11 is 4.98. The molecule has 0 amide bonds. The lowest BCUT2D eigenvalue weighted by Crippen LogP contribution is -2.20. The normalized spacial score (nSPS) is 10.2. The molecule has 0 aliphatic carbocycles. The van der Waals surface area contributed by atoms with Gasteiger partial charge in [-0.25, -0.2) is 13.2 Å². The SMILES string of the molecule is Cc1ccc(NC(=S)Nc2ccc(F)c(F)c2F)cc1. The highest BCUT2D eigenvalue weighted by Gasteiger charge is 2.13. The van der Waals surface area contributed by atoms with Gasteiger partial charge in [-0.05, 0) is 43.4 Å². The average molecular weight is 296 g/mol. The summed E-state index contributed by atoms with van der Waals surface area (Å²) in [7, 11) is 0. The Bertz CT molecular complexity index is 642. The molecule has 0 bridgehead atoms. The van der Waals surface area contributed by atoms with Gasteiger partial charge in [0.25, 0.3) is 0 Å². The monoisotopic (exact) mass is 296 g/mol. The number of hydrogen-bond acceptors (Lipinski definition) is 1. The highest BCUT2D eigenvalue weighted by atomic mass is 32.1. The summed E-state index contributed by atoms with van der Waals surface area (Å²) in [4.78, 5) is 0. The summed E-state index contributed by atoms with van der Waals surface area (Å²) < 4.78 is 39.3. The third-order valence-electron chi connectivity index (χ3n) is 2.59. The maximum atomic E-state index is 13.4. The summed E-state index contributed by atoms with van der Waals surface area (Å²) in [6.45, 7) is 1.94. The third kappa shape index (κ3) is 3.27. The van der Waals surface area contributed by atoms with Gasteiger partial charge in [0.15, 0.2) is 22.6 Å². The Morgan fingerprint density at radius 2 is 1.55 bits per heavy atom. The van der Waals surface area contributed by atoms with Crippen LogP contribution in [0.5, 0.6) is 0 Å². The Balaban J connectivity index is 2.08. The van der Waals surface area contributed by atoms with E-state index in [0.29, 0.717) is 5.69 Å². The molecule has 0 aliphatic heterocycles. The second-order valence-electron chi connectivity index (χ2n) is 4.17. The highest BCUT2D eigenvalue weighted by molar-refractivity contribution is 7.80. The van der Waals surface area contributed by atoms with Crippen LogP contribution < -0.4 is 10.6 Å². The van der Waals surface area contributed by atoms with E-state index >= 15 is 0 Å². The topological polar surface area (TPSA) is 24.1 Å². The Morgan fingerprint density at radius 1 is 0.900 bits per heavy atom. The van der Waals surface area contributed by atoms with E-state index in [1.165, 1.54) is 0 Å². The minimum atomic E-state index is -1.53. The van der Waals surface area contributed by atoms with E-state index in [2.05, 4.69) is 10.6 Å². The average Bonchev–Trinajstić information content (AvgIpc) is 2.42. The fourth-order valence-corrected chi connectivity index (χ4v) is 1.77. The van der Waals surface area contributed by atoms with Crippen LogP contribution >= 0.6 is 12.2 Å². The number of nitrogens with one attached hydrogen (secondary N) is 2. The lowest BCUT2D eigenvalue weighted by atomic mass is 10.2. The van der Waals surface area contributed by atoms with Crippen molar-refractivity contribution < 1.29 is 13.2 Å². The number of rotatable bonds is 2. The molecule has 0 atom stereocenters. The molecule has 0 heterocycles. The lowest BCUT2D eigenvalue weighted by Gasteiger charge is -2.11. The van der Waals surface area contributed by atoms with Gasteiger partial charge in [0.2, 0.25) is 0 Å². The zero-order chi connectivity index (χ0) is 14.7. The first-order valence-corrected chi connectivity index (χ1v) is 6.16. The Kier molecular flexibility index (Phi) is 4.24. The maximum Gasteiger partial charge on any atom is 0.196 e. The van der Waals surface area contributed by atoms with Crippen LogP contribution in [0.1, 0.15) is 5.56 Å². The van der Waals surface area contributed by atoms with E-state index in [4.69, 9.17) is 12.2 Å². The minimum absolute atomic E-state index is 0.0822. The van der Waals surface area contributed by atoms with Crippen molar-refractivity contribution >= 4 is 28.7 Å². The molecule has 2 aromatic rings. The fourth-order valence-electron chi connectivity index (χ4n) is 1.54. The molecule has 0 saturated carbocycles. The van der Waals surface area contributed by atoms with E-state index in [-0.39, 0.29) is 10.8 Å². The number of halogens is 3. The van der Waals surface area contributed by atoms with Gasteiger partial charge >= 0.3 is 0 Å². The van der Waals surface area contributed by atoms with Gasteiger partial charge in [0.05, 0.1) is 5.69 Å². The molecule has 0 aromatic heterocycles. The van der Waals surface area contributed by atoms with Crippen molar-refractivity contribution in [2.24, 2.45) is 0 Å². The van der Waals surface area contributed by atoms with Gasteiger partial charge in [-0.2, -0.15) is 0 Å². The lowest BCUT2D eigenvalue weighted by molar-refractivity contribution is 0.449. The van der Waals surface area contributed by atoms with Crippen molar-refractivity contribution in [1.82, 2.24) is 0 Å². The number of thiocarbonyl (C=S) groups is 1. The summed E-state index contributed by atoms with van der Waals surface area (Å²) in [5, 5.41) is 5.38. The van der Waals surface area contributed by atoms with Gasteiger partial charge in [-0.1, -0.05) is 17.7 Å². The van der Waals surface area contributed by atoms with E-state index in [9.17, 15) is 13.2 Å². The maximum absolute atomic E-state index is 13.4. The fraction of sp³-hybridized carbons (Fsp3) is 0.0714. The first kappa shape index (κ1) is 14.3. The van der Waals surface area contributed by atoms with E-state index in [1.807, 2.05) is 19.1 Å². The molecule has 0 fully saturated rings. The van der Waals surface area contributed by atoms with Crippen molar-refractivity contribution in [3.8, 4) is 0 Å². The Morgan fingerprint density at radius 3 is 2.20 bits per heavy atom. The smallest absolute Gasteiger partial charge is 0.196 e. The molecule has 20 heavy (non-hydrogen) atoms. The molecular formula is C14H11F3N2S. The molecular weight excluding hydrogens is 285 g/mol. The van der Waals surface area contributed by atoms with Gasteiger partial charge in [0.1, 0.15) is 0 Å². The first-order valence-electron chi connectivity index (χ1n) is 5.75. The zero-order valence-corrected chi connectivity index (χ0v) is 11.3. The second-order valence-corrected chi connectivity index (χ2v) is 4.58. The Hall–Kier alpha value is -2.08. The molecule has 0 aliphatic rings. The summed E-state index contributed by atoms with van der Waals surface area (Å²) in [5.41, 5.74) is 1.56. The summed E-state index contributed by atoms with van der Waals surface area (Å²) in [6.07, 6.45) is 0. The van der Waals surface area contributed by atoms with Crippen molar-refractivity contribution in [3.05, 3.63) is 59.4 Å². The van der Waals surface area contributed by atoms with Crippen LogP contribution in [0.25, 0.3) is 0 Å². The van der Waals surface area contributed by atoms with Crippen LogP contribution in [-0.4, -0.2) is 5.11 Å². The molecule has 0 radical (unpaired) electrons. The number of benzene rings is 2. The van der Waals surface area contributed by atoms with Crippen LogP contribution in [0.15, 0.2) is 36.4 Å². The molecule has 6 heteroatoms. The quantitative estimate of drug-likeness (QED) is 0.641.